The lowest BCUT2D eigenvalue weighted by Gasteiger charge is -2.36. The van der Waals surface area contributed by atoms with Crippen LogP contribution in [0.1, 0.15) is 19.8 Å². The summed E-state index contributed by atoms with van der Waals surface area (Å²) in [6.45, 7) is 3.73. The standard InChI is InChI=1S/C9H17Cl2NO/c1-7-3-2-4-12(9(7)11)6-8(13)5-10/h7-9,13H,2-6H2,1H3. The Morgan fingerprint density at radius 3 is 2.92 bits per heavy atom. The van der Waals surface area contributed by atoms with E-state index in [-0.39, 0.29) is 11.4 Å². The third kappa shape index (κ3) is 3.28. The SMILES string of the molecule is CC1CCCN(CC(O)CCl)C1Cl. The molecule has 0 aromatic carbocycles. The summed E-state index contributed by atoms with van der Waals surface area (Å²) in [5.74, 6) is 0.798. The van der Waals surface area contributed by atoms with Gasteiger partial charge in [0.05, 0.1) is 11.6 Å². The molecule has 4 heteroatoms. The minimum absolute atomic E-state index is 0.0617. The molecule has 1 heterocycles. The van der Waals surface area contributed by atoms with Crippen LogP contribution in [0.15, 0.2) is 0 Å². The monoisotopic (exact) mass is 225 g/mol. The van der Waals surface area contributed by atoms with Gasteiger partial charge in [0.1, 0.15) is 0 Å². The zero-order chi connectivity index (χ0) is 9.84. The largest absolute Gasteiger partial charge is 0.391 e. The Balaban J connectivity index is 2.39. The van der Waals surface area contributed by atoms with Crippen LogP contribution >= 0.6 is 23.2 Å². The smallest absolute Gasteiger partial charge is 0.0877 e. The van der Waals surface area contributed by atoms with E-state index in [4.69, 9.17) is 23.2 Å². The maximum Gasteiger partial charge on any atom is 0.0877 e. The van der Waals surface area contributed by atoms with Gasteiger partial charge in [0, 0.05) is 12.4 Å². The van der Waals surface area contributed by atoms with Gasteiger partial charge in [-0.15, -0.1) is 23.2 Å². The molecule has 3 atom stereocenters. The Morgan fingerprint density at radius 1 is 1.62 bits per heavy atom. The van der Waals surface area contributed by atoms with Crippen LogP contribution in [-0.2, 0) is 0 Å². The minimum Gasteiger partial charge on any atom is -0.391 e. The Hall–Kier alpha value is 0.500. The summed E-state index contributed by atoms with van der Waals surface area (Å²) < 4.78 is 0. The van der Waals surface area contributed by atoms with E-state index in [0.717, 1.165) is 6.54 Å². The first-order chi connectivity index (χ1) is 6.15. The second-order valence-corrected chi connectivity index (χ2v) is 4.55. The van der Waals surface area contributed by atoms with Crippen LogP contribution < -0.4 is 0 Å². The molecule has 1 saturated heterocycles. The second kappa shape index (κ2) is 5.40. The van der Waals surface area contributed by atoms with Gasteiger partial charge in [0.2, 0.25) is 0 Å². The van der Waals surface area contributed by atoms with Crippen molar-refractivity contribution in [2.75, 3.05) is 19.0 Å². The minimum atomic E-state index is -0.451. The topological polar surface area (TPSA) is 23.5 Å². The summed E-state index contributed by atoms with van der Waals surface area (Å²) in [5.41, 5.74) is 0.0617. The highest BCUT2D eigenvalue weighted by molar-refractivity contribution is 6.20. The van der Waals surface area contributed by atoms with Gasteiger partial charge in [0.25, 0.3) is 0 Å². The van der Waals surface area contributed by atoms with Gasteiger partial charge in [-0.1, -0.05) is 6.92 Å². The molecule has 1 aliphatic heterocycles. The number of β-amino-alcohol motifs (C(OH)–C–C–N with tert-alkyl or cyclic N) is 1. The molecule has 0 bridgehead atoms. The molecule has 0 saturated carbocycles. The van der Waals surface area contributed by atoms with Gasteiger partial charge in [-0.2, -0.15) is 0 Å². The summed E-state index contributed by atoms with van der Waals surface area (Å²) in [4.78, 5) is 2.11. The van der Waals surface area contributed by atoms with Crippen molar-refractivity contribution in [1.29, 1.82) is 0 Å². The molecule has 0 aliphatic carbocycles. The first-order valence-corrected chi connectivity index (χ1v) is 5.74. The Kier molecular flexibility index (Phi) is 4.81. The van der Waals surface area contributed by atoms with Gasteiger partial charge >= 0.3 is 0 Å². The molecule has 0 amide bonds. The summed E-state index contributed by atoms with van der Waals surface area (Å²) in [6.07, 6.45) is 1.90. The second-order valence-electron chi connectivity index (χ2n) is 3.80. The lowest BCUT2D eigenvalue weighted by atomic mass is 10.00. The van der Waals surface area contributed by atoms with Crippen molar-refractivity contribution in [1.82, 2.24) is 4.90 Å². The van der Waals surface area contributed by atoms with E-state index in [1.807, 2.05) is 0 Å². The molecule has 13 heavy (non-hydrogen) atoms. The van der Waals surface area contributed by atoms with Crippen LogP contribution in [0.4, 0.5) is 0 Å². The average molecular weight is 226 g/mol. The van der Waals surface area contributed by atoms with Gasteiger partial charge in [-0.25, -0.2) is 0 Å². The molecule has 1 rings (SSSR count). The van der Waals surface area contributed by atoms with E-state index >= 15 is 0 Å². The third-order valence-corrected chi connectivity index (χ3v) is 3.61. The van der Waals surface area contributed by atoms with Gasteiger partial charge in [-0.3, -0.25) is 4.90 Å². The fourth-order valence-electron chi connectivity index (χ4n) is 1.75. The number of aliphatic hydroxyl groups excluding tert-OH is 1. The zero-order valence-corrected chi connectivity index (χ0v) is 9.43. The number of likely N-dealkylation sites (tertiary alicyclic amines) is 1. The maximum atomic E-state index is 9.38. The highest BCUT2D eigenvalue weighted by atomic mass is 35.5. The van der Waals surface area contributed by atoms with E-state index in [1.54, 1.807) is 0 Å². The fourth-order valence-corrected chi connectivity index (χ4v) is 2.15. The molecule has 1 N–H and O–H groups in total. The van der Waals surface area contributed by atoms with Crippen molar-refractivity contribution in [3.05, 3.63) is 0 Å². The number of nitrogens with zero attached hydrogens (tertiary/aromatic N) is 1. The summed E-state index contributed by atoms with van der Waals surface area (Å²) in [5, 5.41) is 9.38. The van der Waals surface area contributed by atoms with Crippen LogP contribution in [0.3, 0.4) is 0 Å². The molecule has 1 fully saturated rings. The predicted octanol–water partition coefficient (Wildman–Crippen LogP) is 1.88. The van der Waals surface area contributed by atoms with Crippen LogP contribution in [0, 0.1) is 5.92 Å². The summed E-state index contributed by atoms with van der Waals surface area (Å²) >= 11 is 11.7. The van der Waals surface area contributed by atoms with E-state index in [2.05, 4.69) is 11.8 Å². The quantitative estimate of drug-likeness (QED) is 0.586. The Labute approximate surface area is 89.8 Å². The molecule has 0 spiro atoms. The van der Waals surface area contributed by atoms with E-state index < -0.39 is 6.10 Å². The number of piperidine rings is 1. The van der Waals surface area contributed by atoms with Crippen molar-refractivity contribution in [3.63, 3.8) is 0 Å². The molecule has 0 aromatic rings. The lowest BCUT2D eigenvalue weighted by Crippen LogP contribution is -2.44. The molecule has 0 radical (unpaired) electrons. The number of alkyl halides is 2. The Bertz CT molecular complexity index is 157. The van der Waals surface area contributed by atoms with Crippen molar-refractivity contribution in [2.24, 2.45) is 5.92 Å². The van der Waals surface area contributed by atoms with E-state index in [0.29, 0.717) is 12.5 Å². The highest BCUT2D eigenvalue weighted by Gasteiger charge is 2.27. The molecule has 3 unspecified atom stereocenters. The summed E-state index contributed by atoms with van der Waals surface area (Å²) in [7, 11) is 0. The molecular weight excluding hydrogens is 209 g/mol. The molecular formula is C9H17Cl2NO. The number of aliphatic hydroxyl groups is 1. The van der Waals surface area contributed by atoms with Crippen LogP contribution in [0.2, 0.25) is 0 Å². The normalized spacial score (nSPS) is 33.2. The van der Waals surface area contributed by atoms with Crippen molar-refractivity contribution in [2.45, 2.75) is 31.4 Å². The molecule has 2 nitrogen and oxygen atoms in total. The molecule has 0 aromatic heterocycles. The average Bonchev–Trinajstić information content (AvgIpc) is 2.13. The summed E-state index contributed by atoms with van der Waals surface area (Å²) in [6, 6.07) is 0. The first-order valence-electron chi connectivity index (χ1n) is 4.77. The fraction of sp³-hybridized carbons (Fsp3) is 1.00. The molecule has 78 valence electrons. The van der Waals surface area contributed by atoms with Crippen molar-refractivity contribution < 1.29 is 5.11 Å². The highest BCUT2D eigenvalue weighted by Crippen LogP contribution is 2.25. The van der Waals surface area contributed by atoms with Gasteiger partial charge < -0.3 is 5.11 Å². The lowest BCUT2D eigenvalue weighted by molar-refractivity contribution is 0.0850. The zero-order valence-electron chi connectivity index (χ0n) is 7.92. The first kappa shape index (κ1) is 11.6. The van der Waals surface area contributed by atoms with Crippen molar-refractivity contribution in [3.8, 4) is 0 Å². The van der Waals surface area contributed by atoms with E-state index in [1.165, 1.54) is 12.8 Å². The Morgan fingerprint density at radius 2 is 2.31 bits per heavy atom. The van der Waals surface area contributed by atoms with Crippen LogP contribution in [-0.4, -0.2) is 40.6 Å². The number of rotatable bonds is 3. The predicted molar refractivity (Wildman–Crippen MR) is 56.3 cm³/mol. The number of hydrogen-bond donors (Lipinski definition) is 1. The van der Waals surface area contributed by atoms with Crippen LogP contribution in [0.5, 0.6) is 0 Å². The maximum absolute atomic E-state index is 9.38. The van der Waals surface area contributed by atoms with Gasteiger partial charge in [0.15, 0.2) is 0 Å². The molecule has 1 aliphatic rings. The third-order valence-electron chi connectivity index (χ3n) is 2.55. The number of halogens is 2. The van der Waals surface area contributed by atoms with Gasteiger partial charge in [-0.05, 0) is 25.3 Å². The number of hydrogen-bond acceptors (Lipinski definition) is 2. The van der Waals surface area contributed by atoms with Crippen molar-refractivity contribution >= 4 is 23.2 Å². The van der Waals surface area contributed by atoms with Crippen LogP contribution in [0.25, 0.3) is 0 Å². The van der Waals surface area contributed by atoms with E-state index in [9.17, 15) is 5.11 Å².